The number of rotatable bonds is 5. The second-order valence-electron chi connectivity index (χ2n) is 5.21. The fraction of sp³-hybridized carbons (Fsp3) is 0.909. The van der Waals surface area contributed by atoms with Gasteiger partial charge in [0, 0.05) is 19.0 Å². The molecule has 0 aliphatic heterocycles. The minimum Gasteiger partial charge on any atom is -0.356 e. The first-order chi connectivity index (χ1) is 6.31. The zero-order chi connectivity index (χ0) is 11.2. The van der Waals surface area contributed by atoms with Crippen LogP contribution in [0.3, 0.4) is 0 Å². The van der Waals surface area contributed by atoms with Crippen LogP contribution in [-0.4, -0.2) is 18.5 Å². The molecule has 0 bridgehead atoms. The van der Waals surface area contributed by atoms with Crippen molar-refractivity contribution in [2.75, 3.05) is 6.54 Å². The van der Waals surface area contributed by atoms with Gasteiger partial charge in [-0.3, -0.25) is 4.79 Å². The summed E-state index contributed by atoms with van der Waals surface area (Å²) in [6.45, 7) is 9.02. The monoisotopic (exact) mass is 200 g/mol. The van der Waals surface area contributed by atoms with Crippen LogP contribution in [0.1, 0.15) is 47.0 Å². The Kier molecular flexibility index (Phi) is 5.77. The van der Waals surface area contributed by atoms with Crippen molar-refractivity contribution in [3.8, 4) is 0 Å². The van der Waals surface area contributed by atoms with Crippen molar-refractivity contribution in [1.29, 1.82) is 0 Å². The number of hydrogen-bond acceptors (Lipinski definition) is 2. The minimum absolute atomic E-state index is 0.139. The molecule has 1 unspecified atom stereocenters. The summed E-state index contributed by atoms with van der Waals surface area (Å²) in [6, 6.07) is 0.199. The fourth-order valence-electron chi connectivity index (χ4n) is 1.04. The lowest BCUT2D eigenvalue weighted by atomic mass is 9.97. The average Bonchev–Trinajstić information content (AvgIpc) is 1.99. The van der Waals surface area contributed by atoms with E-state index in [2.05, 4.69) is 26.1 Å². The predicted octanol–water partition coefficient (Wildman–Crippen LogP) is 1.67. The van der Waals surface area contributed by atoms with E-state index < -0.39 is 0 Å². The largest absolute Gasteiger partial charge is 0.356 e. The van der Waals surface area contributed by atoms with Crippen LogP contribution in [-0.2, 0) is 4.79 Å². The molecule has 0 aromatic rings. The Morgan fingerprint density at radius 2 is 2.00 bits per heavy atom. The summed E-state index contributed by atoms with van der Waals surface area (Å²) < 4.78 is 0. The van der Waals surface area contributed by atoms with Gasteiger partial charge in [0.2, 0.25) is 5.91 Å². The number of amides is 1. The van der Waals surface area contributed by atoms with Gasteiger partial charge in [-0.25, -0.2) is 0 Å². The standard InChI is InChI=1S/C11H24N2O/c1-9(12)6-5-7-10(14)13-8-11(2,3)4/h9H,5-8,12H2,1-4H3,(H,13,14). The lowest BCUT2D eigenvalue weighted by Gasteiger charge is -2.18. The van der Waals surface area contributed by atoms with Gasteiger partial charge >= 0.3 is 0 Å². The zero-order valence-corrected chi connectivity index (χ0v) is 9.89. The third kappa shape index (κ3) is 9.52. The maximum Gasteiger partial charge on any atom is 0.220 e. The summed E-state index contributed by atoms with van der Waals surface area (Å²) in [6.07, 6.45) is 2.40. The minimum atomic E-state index is 0.139. The smallest absolute Gasteiger partial charge is 0.220 e. The van der Waals surface area contributed by atoms with E-state index in [1.54, 1.807) is 0 Å². The fourth-order valence-corrected chi connectivity index (χ4v) is 1.04. The Bertz CT molecular complexity index is 171. The van der Waals surface area contributed by atoms with Crippen molar-refractivity contribution in [2.45, 2.75) is 53.0 Å². The van der Waals surface area contributed by atoms with Gasteiger partial charge in [0.15, 0.2) is 0 Å². The molecule has 0 radical (unpaired) electrons. The number of hydrogen-bond donors (Lipinski definition) is 2. The van der Waals surface area contributed by atoms with Crippen LogP contribution in [0.15, 0.2) is 0 Å². The molecule has 0 aromatic carbocycles. The maximum atomic E-state index is 11.3. The van der Waals surface area contributed by atoms with E-state index in [1.807, 2.05) is 6.92 Å². The first-order valence-electron chi connectivity index (χ1n) is 5.33. The highest BCUT2D eigenvalue weighted by molar-refractivity contribution is 5.75. The van der Waals surface area contributed by atoms with E-state index in [1.165, 1.54) is 0 Å². The third-order valence-electron chi connectivity index (χ3n) is 1.88. The molecule has 0 aliphatic rings. The van der Waals surface area contributed by atoms with E-state index in [9.17, 15) is 4.79 Å². The summed E-state index contributed by atoms with van der Waals surface area (Å²) in [5.41, 5.74) is 5.75. The molecule has 84 valence electrons. The molecule has 3 N–H and O–H groups in total. The summed E-state index contributed by atoms with van der Waals surface area (Å²) in [7, 11) is 0. The van der Waals surface area contributed by atoms with Crippen LogP contribution in [0.2, 0.25) is 0 Å². The maximum absolute atomic E-state index is 11.3. The van der Waals surface area contributed by atoms with Gasteiger partial charge in [-0.2, -0.15) is 0 Å². The Morgan fingerprint density at radius 3 is 2.43 bits per heavy atom. The average molecular weight is 200 g/mol. The topological polar surface area (TPSA) is 55.1 Å². The highest BCUT2D eigenvalue weighted by Gasteiger charge is 2.11. The Labute approximate surface area is 87.4 Å². The molecule has 0 fully saturated rings. The molecule has 3 heteroatoms. The van der Waals surface area contributed by atoms with Crippen molar-refractivity contribution >= 4 is 5.91 Å². The van der Waals surface area contributed by atoms with E-state index >= 15 is 0 Å². The summed E-state index contributed by atoms with van der Waals surface area (Å²) >= 11 is 0. The van der Waals surface area contributed by atoms with Gasteiger partial charge in [-0.05, 0) is 25.2 Å². The molecule has 0 saturated carbocycles. The van der Waals surface area contributed by atoms with Gasteiger partial charge in [0.1, 0.15) is 0 Å². The summed E-state index contributed by atoms with van der Waals surface area (Å²) in [5.74, 6) is 0.139. The van der Waals surface area contributed by atoms with Gasteiger partial charge < -0.3 is 11.1 Å². The van der Waals surface area contributed by atoms with Gasteiger partial charge in [0.25, 0.3) is 0 Å². The van der Waals surface area contributed by atoms with Crippen molar-refractivity contribution in [3.05, 3.63) is 0 Å². The quantitative estimate of drug-likeness (QED) is 0.709. The Hall–Kier alpha value is -0.570. The molecule has 0 heterocycles. The van der Waals surface area contributed by atoms with Gasteiger partial charge in [-0.1, -0.05) is 20.8 Å². The Morgan fingerprint density at radius 1 is 1.43 bits per heavy atom. The van der Waals surface area contributed by atoms with Crippen molar-refractivity contribution in [2.24, 2.45) is 11.1 Å². The Balaban J connectivity index is 3.47. The second-order valence-corrected chi connectivity index (χ2v) is 5.21. The zero-order valence-electron chi connectivity index (χ0n) is 9.89. The van der Waals surface area contributed by atoms with E-state index in [-0.39, 0.29) is 17.4 Å². The first kappa shape index (κ1) is 13.4. The van der Waals surface area contributed by atoms with Crippen LogP contribution in [0.5, 0.6) is 0 Å². The number of nitrogens with one attached hydrogen (secondary N) is 1. The molecule has 3 nitrogen and oxygen atoms in total. The highest BCUT2D eigenvalue weighted by atomic mass is 16.1. The SMILES string of the molecule is CC(N)CCCC(=O)NCC(C)(C)C. The summed E-state index contributed by atoms with van der Waals surface area (Å²) in [5, 5.41) is 2.92. The van der Waals surface area contributed by atoms with Crippen LogP contribution in [0.4, 0.5) is 0 Å². The normalized spacial score (nSPS) is 13.8. The molecular weight excluding hydrogens is 176 g/mol. The first-order valence-corrected chi connectivity index (χ1v) is 5.33. The van der Waals surface area contributed by atoms with E-state index in [0.717, 1.165) is 19.4 Å². The number of nitrogens with two attached hydrogens (primary N) is 1. The lowest BCUT2D eigenvalue weighted by molar-refractivity contribution is -0.121. The van der Waals surface area contributed by atoms with Crippen LogP contribution >= 0.6 is 0 Å². The summed E-state index contributed by atoms with van der Waals surface area (Å²) in [4.78, 5) is 11.3. The van der Waals surface area contributed by atoms with Crippen molar-refractivity contribution < 1.29 is 4.79 Å². The van der Waals surface area contributed by atoms with Crippen molar-refractivity contribution in [1.82, 2.24) is 5.32 Å². The van der Waals surface area contributed by atoms with E-state index in [4.69, 9.17) is 5.73 Å². The molecule has 0 aromatic heterocycles. The predicted molar refractivity (Wildman–Crippen MR) is 60.0 cm³/mol. The molecule has 1 amide bonds. The third-order valence-corrected chi connectivity index (χ3v) is 1.88. The van der Waals surface area contributed by atoms with Gasteiger partial charge in [0.05, 0.1) is 0 Å². The molecule has 1 atom stereocenters. The molecule has 0 aliphatic carbocycles. The van der Waals surface area contributed by atoms with E-state index in [0.29, 0.717) is 6.42 Å². The number of carbonyl (C=O) groups is 1. The number of carbonyl (C=O) groups excluding carboxylic acids is 1. The molecular formula is C11H24N2O. The van der Waals surface area contributed by atoms with Crippen LogP contribution in [0.25, 0.3) is 0 Å². The van der Waals surface area contributed by atoms with Crippen LogP contribution in [0, 0.1) is 5.41 Å². The van der Waals surface area contributed by atoms with Crippen molar-refractivity contribution in [3.63, 3.8) is 0 Å². The molecule has 0 saturated heterocycles. The molecule has 0 spiro atoms. The second kappa shape index (κ2) is 6.02. The molecule has 0 rings (SSSR count). The molecule has 14 heavy (non-hydrogen) atoms. The van der Waals surface area contributed by atoms with Gasteiger partial charge in [-0.15, -0.1) is 0 Å². The van der Waals surface area contributed by atoms with Crippen LogP contribution < -0.4 is 11.1 Å². The lowest BCUT2D eigenvalue weighted by Crippen LogP contribution is -2.32. The highest BCUT2D eigenvalue weighted by Crippen LogP contribution is 2.10.